The summed E-state index contributed by atoms with van der Waals surface area (Å²) in [5.41, 5.74) is 0. The summed E-state index contributed by atoms with van der Waals surface area (Å²) in [7, 11) is 1.46. The van der Waals surface area contributed by atoms with Crippen molar-refractivity contribution in [3.8, 4) is 5.75 Å². The molecule has 0 fully saturated rings. The molecule has 1 atom stereocenters. The van der Waals surface area contributed by atoms with Crippen LogP contribution in [0.1, 0.15) is 0 Å². The zero-order valence-electron chi connectivity index (χ0n) is 5.98. The van der Waals surface area contributed by atoms with Crippen LogP contribution in [-0.4, -0.2) is 67.3 Å². The average molecular weight is 212 g/mol. The first-order valence-electron chi connectivity index (χ1n) is 2.99. The maximum absolute atomic E-state index is 10.6. The van der Waals surface area contributed by atoms with Crippen molar-refractivity contribution in [3.63, 3.8) is 0 Å². The van der Waals surface area contributed by atoms with Crippen LogP contribution in [0, 0.1) is 0 Å². The van der Waals surface area contributed by atoms with Crippen molar-refractivity contribution in [1.29, 1.82) is 0 Å². The minimum absolute atomic E-state index is 0. The van der Waals surface area contributed by atoms with Crippen molar-refractivity contribution in [3.05, 3.63) is 24.3 Å². The number of ether oxygens (including phenoxy) is 1. The van der Waals surface area contributed by atoms with Crippen LogP contribution in [-0.2, 0) is 11.1 Å². The number of para-hydroxylation sites is 1. The molecule has 0 aromatic heterocycles. The molecular weight excluding hydrogens is 203 g/mol. The molecule has 0 bridgehead atoms. The first-order valence-corrected chi connectivity index (χ1v) is 4.10. The van der Waals surface area contributed by atoms with E-state index in [0.717, 1.165) is 0 Å². The Morgan fingerprint density at radius 1 is 1.42 bits per heavy atom. The molecule has 0 spiro atoms. The topological polar surface area (TPSA) is 46.5 Å². The average Bonchev–Trinajstić information content (AvgIpc) is 2.04. The summed E-state index contributed by atoms with van der Waals surface area (Å²) in [6.45, 7) is 0. The van der Waals surface area contributed by atoms with E-state index in [1.807, 2.05) is 0 Å². The van der Waals surface area contributed by atoms with Gasteiger partial charge in [0.05, 0.1) is 7.11 Å². The summed E-state index contributed by atoms with van der Waals surface area (Å²) >= 11 is -1.97. The number of rotatable bonds is 2. The summed E-state index contributed by atoms with van der Waals surface area (Å²) in [4.78, 5) is 0.301. The normalized spacial score (nSPS) is 11.5. The molecule has 1 aromatic carbocycles. The monoisotopic (exact) mass is 212 g/mol. The van der Waals surface area contributed by atoms with Gasteiger partial charge in [0.25, 0.3) is 0 Å². The van der Waals surface area contributed by atoms with Gasteiger partial charge in [0, 0.05) is 0 Å². The van der Waals surface area contributed by atoms with Gasteiger partial charge in [-0.1, -0.05) is 12.1 Å². The fourth-order valence-corrected chi connectivity index (χ4v) is 1.28. The summed E-state index contributed by atoms with van der Waals surface area (Å²) in [5.74, 6) is 0.438. The van der Waals surface area contributed by atoms with E-state index in [1.54, 1.807) is 24.3 Å². The minimum atomic E-state index is -1.97. The van der Waals surface area contributed by atoms with E-state index in [1.165, 1.54) is 7.11 Å². The molecule has 3 nitrogen and oxygen atoms in total. The second kappa shape index (κ2) is 6.26. The van der Waals surface area contributed by atoms with E-state index in [2.05, 4.69) is 0 Å². The van der Waals surface area contributed by atoms with Crippen LogP contribution >= 0.6 is 0 Å². The second-order valence-electron chi connectivity index (χ2n) is 1.90. The fraction of sp³-hybridized carbons (Fsp3) is 0.143. The van der Waals surface area contributed by atoms with Gasteiger partial charge in [-0.2, -0.15) is 0 Å². The molecule has 0 heterocycles. The van der Waals surface area contributed by atoms with Crippen LogP contribution in [0.15, 0.2) is 29.2 Å². The third-order valence-electron chi connectivity index (χ3n) is 1.26. The summed E-state index contributed by atoms with van der Waals surface area (Å²) in [5, 5.41) is 0. The Kier molecular flexibility index (Phi) is 6.65. The predicted molar refractivity (Wildman–Crippen MR) is 49.2 cm³/mol. The quantitative estimate of drug-likeness (QED) is 0.577. The van der Waals surface area contributed by atoms with Gasteiger partial charge in [0.15, 0.2) is 11.1 Å². The SMILES string of the molecule is COc1ccccc1S(=O)O.[KH]. The number of hydrogen-bond acceptors (Lipinski definition) is 2. The van der Waals surface area contributed by atoms with E-state index >= 15 is 0 Å². The molecular formula is C7H9KO3S. The Morgan fingerprint density at radius 3 is 2.42 bits per heavy atom. The van der Waals surface area contributed by atoms with Gasteiger partial charge in [0.2, 0.25) is 0 Å². The number of benzene rings is 1. The molecule has 62 valence electrons. The zero-order valence-corrected chi connectivity index (χ0v) is 6.80. The van der Waals surface area contributed by atoms with Crippen LogP contribution < -0.4 is 4.74 Å². The van der Waals surface area contributed by atoms with Gasteiger partial charge < -0.3 is 9.29 Å². The zero-order chi connectivity index (χ0) is 8.27. The molecule has 1 rings (SSSR count). The van der Waals surface area contributed by atoms with Crippen LogP contribution in [0.4, 0.5) is 0 Å². The predicted octanol–water partition coefficient (Wildman–Crippen LogP) is 0.627. The van der Waals surface area contributed by atoms with Crippen molar-refractivity contribution < 1.29 is 13.5 Å². The molecule has 0 aliphatic rings. The molecule has 0 saturated heterocycles. The molecule has 5 heteroatoms. The Hall–Kier alpha value is 0.766. The second-order valence-corrected chi connectivity index (χ2v) is 2.84. The molecule has 0 amide bonds. The summed E-state index contributed by atoms with van der Waals surface area (Å²) in [6.07, 6.45) is 0. The van der Waals surface area contributed by atoms with Crippen LogP contribution in [0.3, 0.4) is 0 Å². The molecule has 1 aromatic rings. The molecule has 12 heavy (non-hydrogen) atoms. The van der Waals surface area contributed by atoms with Crippen LogP contribution in [0.25, 0.3) is 0 Å². The number of hydrogen-bond donors (Lipinski definition) is 1. The van der Waals surface area contributed by atoms with E-state index in [-0.39, 0.29) is 51.4 Å². The van der Waals surface area contributed by atoms with Crippen LogP contribution in [0.5, 0.6) is 5.75 Å². The molecule has 0 radical (unpaired) electrons. The maximum atomic E-state index is 10.6. The van der Waals surface area contributed by atoms with E-state index in [4.69, 9.17) is 9.29 Å². The van der Waals surface area contributed by atoms with Crippen LogP contribution in [0.2, 0.25) is 0 Å². The van der Waals surface area contributed by atoms with Gasteiger partial charge >= 0.3 is 51.4 Å². The van der Waals surface area contributed by atoms with Gasteiger partial charge in [-0.05, 0) is 12.1 Å². The fourth-order valence-electron chi connectivity index (χ4n) is 0.763. The Labute approximate surface area is 116 Å². The van der Waals surface area contributed by atoms with Gasteiger partial charge in [0.1, 0.15) is 10.6 Å². The Morgan fingerprint density at radius 2 is 2.00 bits per heavy atom. The van der Waals surface area contributed by atoms with Crippen molar-refractivity contribution >= 4 is 62.5 Å². The van der Waals surface area contributed by atoms with Crippen molar-refractivity contribution in [2.75, 3.05) is 7.11 Å². The third-order valence-corrected chi connectivity index (χ3v) is 1.97. The van der Waals surface area contributed by atoms with Crippen molar-refractivity contribution in [1.82, 2.24) is 0 Å². The summed E-state index contributed by atoms with van der Waals surface area (Å²) < 4.78 is 24.2. The molecule has 0 aliphatic carbocycles. The third kappa shape index (κ3) is 3.25. The van der Waals surface area contributed by atoms with Crippen molar-refractivity contribution in [2.45, 2.75) is 4.90 Å². The van der Waals surface area contributed by atoms with Gasteiger partial charge in [-0.15, -0.1) is 0 Å². The van der Waals surface area contributed by atoms with E-state index < -0.39 is 11.1 Å². The number of methoxy groups -OCH3 is 1. The standard InChI is InChI=1S/C7H8O3S.K.H/c1-10-6-4-2-3-5-7(6)11(8)9;;/h2-5H,1H3,(H,8,9);;. The Bertz CT molecular complexity index is 277. The van der Waals surface area contributed by atoms with E-state index in [0.29, 0.717) is 10.6 Å². The molecule has 0 aliphatic heterocycles. The van der Waals surface area contributed by atoms with Gasteiger partial charge in [-0.3, -0.25) is 0 Å². The first kappa shape index (κ1) is 12.8. The molecule has 1 unspecified atom stereocenters. The molecule has 0 saturated carbocycles. The summed E-state index contributed by atoms with van der Waals surface area (Å²) in [6, 6.07) is 6.62. The Balaban J connectivity index is 0.00000121. The van der Waals surface area contributed by atoms with Gasteiger partial charge in [-0.25, -0.2) is 4.21 Å². The first-order chi connectivity index (χ1) is 5.25. The molecule has 1 N–H and O–H groups in total. The van der Waals surface area contributed by atoms with Crippen molar-refractivity contribution in [2.24, 2.45) is 0 Å². The van der Waals surface area contributed by atoms with E-state index in [9.17, 15) is 4.21 Å².